The van der Waals surface area contributed by atoms with Crippen molar-refractivity contribution in [3.05, 3.63) is 33.8 Å². The number of rotatable bonds is 6. The summed E-state index contributed by atoms with van der Waals surface area (Å²) in [7, 11) is 0. The molecule has 1 rings (SSSR count). The monoisotopic (exact) mass is 312 g/mol. The van der Waals surface area contributed by atoms with E-state index in [1.54, 1.807) is 18.2 Å². The van der Waals surface area contributed by atoms with Gasteiger partial charge in [-0.25, -0.2) is 0 Å². The first-order chi connectivity index (χ1) is 9.38. The van der Waals surface area contributed by atoms with Gasteiger partial charge in [0.1, 0.15) is 0 Å². The molecule has 0 saturated heterocycles. The summed E-state index contributed by atoms with van der Waals surface area (Å²) in [5, 5.41) is 10.6. The molecule has 1 unspecified atom stereocenters. The molecule has 0 heterocycles. The molecule has 4 heteroatoms. The fraction of sp³-hybridized carbons (Fsp3) is 0.562. The van der Waals surface area contributed by atoms with Crippen molar-refractivity contribution in [2.75, 3.05) is 6.54 Å². The normalized spacial score (nSPS) is 13.0. The molecule has 1 aromatic rings. The molecule has 110 valence electrons. The molecule has 0 aromatic heterocycles. The Morgan fingerprint density at radius 2 is 1.60 bits per heavy atom. The number of halogens is 2. The second-order valence-corrected chi connectivity index (χ2v) is 6.35. The van der Waals surface area contributed by atoms with Gasteiger partial charge >= 0.3 is 0 Å². The second-order valence-electron chi connectivity index (χ2n) is 5.53. The van der Waals surface area contributed by atoms with Crippen LogP contribution in [0.4, 0.5) is 0 Å². The van der Waals surface area contributed by atoms with Crippen molar-refractivity contribution in [3.63, 3.8) is 0 Å². The molecule has 0 aliphatic rings. The molecular weight excluding hydrogens is 291 g/mol. The Labute approximate surface area is 132 Å². The van der Waals surface area contributed by atoms with E-state index in [9.17, 15) is 5.26 Å². The Hall–Kier alpha value is -0.750. The van der Waals surface area contributed by atoms with Gasteiger partial charge in [0.05, 0.1) is 12.0 Å². The fourth-order valence-corrected chi connectivity index (χ4v) is 3.17. The maximum Gasteiger partial charge on any atom is 0.0754 e. The van der Waals surface area contributed by atoms with E-state index < -0.39 is 0 Å². The zero-order valence-corrected chi connectivity index (χ0v) is 14.0. The summed E-state index contributed by atoms with van der Waals surface area (Å²) in [6.07, 6.45) is 0.732. The summed E-state index contributed by atoms with van der Waals surface area (Å²) in [5.74, 6) is -0.267. The van der Waals surface area contributed by atoms with E-state index in [4.69, 9.17) is 23.2 Å². The van der Waals surface area contributed by atoms with E-state index in [0.717, 1.165) is 18.5 Å². The van der Waals surface area contributed by atoms with Gasteiger partial charge in [0.15, 0.2) is 0 Å². The predicted octanol–water partition coefficient (Wildman–Crippen LogP) is 5.11. The average Bonchev–Trinajstić information content (AvgIpc) is 2.35. The molecule has 0 bridgehead atoms. The highest BCUT2D eigenvalue weighted by Gasteiger charge is 2.20. The highest BCUT2D eigenvalue weighted by Crippen LogP contribution is 2.33. The van der Waals surface area contributed by atoms with Crippen molar-refractivity contribution < 1.29 is 0 Å². The molecule has 0 N–H and O–H groups in total. The first-order valence-electron chi connectivity index (χ1n) is 6.97. The van der Waals surface area contributed by atoms with Gasteiger partial charge in [-0.1, -0.05) is 29.3 Å². The molecule has 0 aliphatic heterocycles. The lowest BCUT2D eigenvalue weighted by molar-refractivity contribution is 0.171. The molecule has 20 heavy (non-hydrogen) atoms. The molecular formula is C16H22Cl2N2. The first-order valence-corrected chi connectivity index (χ1v) is 7.73. The van der Waals surface area contributed by atoms with Crippen molar-refractivity contribution in [2.24, 2.45) is 0 Å². The molecule has 0 aliphatic carbocycles. The number of nitriles is 1. The Bertz CT molecular complexity index is 450. The summed E-state index contributed by atoms with van der Waals surface area (Å²) in [5.41, 5.74) is 0.755. The van der Waals surface area contributed by atoms with E-state index in [2.05, 4.69) is 38.7 Å². The van der Waals surface area contributed by atoms with E-state index in [-0.39, 0.29) is 5.92 Å². The van der Waals surface area contributed by atoms with Crippen LogP contribution >= 0.6 is 23.2 Å². The van der Waals surface area contributed by atoms with Crippen molar-refractivity contribution in [2.45, 2.75) is 52.1 Å². The van der Waals surface area contributed by atoms with Crippen LogP contribution in [0, 0.1) is 11.3 Å². The topological polar surface area (TPSA) is 27.0 Å². The Morgan fingerprint density at radius 3 is 2.00 bits per heavy atom. The van der Waals surface area contributed by atoms with Crippen molar-refractivity contribution in [1.29, 1.82) is 5.26 Å². The van der Waals surface area contributed by atoms with Crippen LogP contribution in [0.5, 0.6) is 0 Å². The number of nitrogens with zero attached hydrogens (tertiary/aromatic N) is 2. The van der Waals surface area contributed by atoms with E-state index in [0.29, 0.717) is 22.1 Å². The standard InChI is InChI=1S/C16H22Cl2N2/c1-11(2)20(12(3)4)9-8-13(10-19)16-14(17)6-5-7-15(16)18/h5-7,11-13H,8-9H2,1-4H3. The van der Waals surface area contributed by atoms with Gasteiger partial charge in [-0.3, -0.25) is 4.90 Å². The van der Waals surface area contributed by atoms with Crippen LogP contribution < -0.4 is 0 Å². The summed E-state index contributed by atoms with van der Waals surface area (Å²) in [6, 6.07) is 8.62. The number of hydrogen-bond acceptors (Lipinski definition) is 2. The third-order valence-electron chi connectivity index (χ3n) is 3.51. The smallest absolute Gasteiger partial charge is 0.0754 e. The largest absolute Gasteiger partial charge is 0.298 e. The number of hydrogen-bond donors (Lipinski definition) is 0. The van der Waals surface area contributed by atoms with Crippen LogP contribution in [-0.4, -0.2) is 23.5 Å². The van der Waals surface area contributed by atoms with Crippen LogP contribution in [0.3, 0.4) is 0 Å². The first kappa shape index (κ1) is 17.3. The van der Waals surface area contributed by atoms with E-state index >= 15 is 0 Å². The van der Waals surface area contributed by atoms with Gasteiger partial charge in [-0.05, 0) is 46.2 Å². The lowest BCUT2D eigenvalue weighted by Crippen LogP contribution is -2.38. The molecule has 1 aromatic carbocycles. The molecule has 1 atom stereocenters. The lowest BCUT2D eigenvalue weighted by Gasteiger charge is -2.31. The van der Waals surface area contributed by atoms with Gasteiger partial charge in [0.25, 0.3) is 0 Å². The quantitative estimate of drug-likeness (QED) is 0.729. The van der Waals surface area contributed by atoms with Crippen molar-refractivity contribution in [1.82, 2.24) is 4.90 Å². The van der Waals surface area contributed by atoms with E-state index in [1.807, 2.05) is 0 Å². The van der Waals surface area contributed by atoms with Crippen LogP contribution in [0.15, 0.2) is 18.2 Å². The second kappa shape index (κ2) is 7.88. The van der Waals surface area contributed by atoms with Crippen LogP contribution in [0.25, 0.3) is 0 Å². The predicted molar refractivity (Wildman–Crippen MR) is 86.4 cm³/mol. The Balaban J connectivity index is 2.86. The van der Waals surface area contributed by atoms with Crippen LogP contribution in [0.1, 0.15) is 45.6 Å². The SMILES string of the molecule is CC(C)N(CCC(C#N)c1c(Cl)cccc1Cl)C(C)C. The van der Waals surface area contributed by atoms with Gasteiger partial charge in [0, 0.05) is 34.2 Å². The minimum atomic E-state index is -0.267. The molecule has 0 radical (unpaired) electrons. The Morgan fingerprint density at radius 1 is 1.10 bits per heavy atom. The number of benzene rings is 1. The summed E-state index contributed by atoms with van der Waals surface area (Å²) in [6.45, 7) is 9.54. The average molecular weight is 313 g/mol. The summed E-state index contributed by atoms with van der Waals surface area (Å²) >= 11 is 12.4. The van der Waals surface area contributed by atoms with Gasteiger partial charge in [0.2, 0.25) is 0 Å². The third kappa shape index (κ3) is 4.38. The zero-order valence-electron chi connectivity index (χ0n) is 12.5. The van der Waals surface area contributed by atoms with E-state index in [1.165, 1.54) is 0 Å². The maximum absolute atomic E-state index is 9.43. The van der Waals surface area contributed by atoms with Gasteiger partial charge in [-0.2, -0.15) is 5.26 Å². The zero-order chi connectivity index (χ0) is 15.3. The third-order valence-corrected chi connectivity index (χ3v) is 4.17. The minimum Gasteiger partial charge on any atom is -0.298 e. The van der Waals surface area contributed by atoms with Gasteiger partial charge < -0.3 is 0 Å². The highest BCUT2D eigenvalue weighted by molar-refractivity contribution is 6.36. The highest BCUT2D eigenvalue weighted by atomic mass is 35.5. The summed E-state index contributed by atoms with van der Waals surface area (Å²) in [4.78, 5) is 2.37. The lowest BCUT2D eigenvalue weighted by atomic mass is 9.96. The van der Waals surface area contributed by atoms with Gasteiger partial charge in [-0.15, -0.1) is 0 Å². The Kier molecular flexibility index (Phi) is 6.82. The maximum atomic E-state index is 9.43. The minimum absolute atomic E-state index is 0.267. The van der Waals surface area contributed by atoms with Crippen LogP contribution in [-0.2, 0) is 0 Å². The molecule has 2 nitrogen and oxygen atoms in total. The molecule has 0 fully saturated rings. The fourth-order valence-electron chi connectivity index (χ4n) is 2.51. The van der Waals surface area contributed by atoms with Crippen molar-refractivity contribution in [3.8, 4) is 6.07 Å². The summed E-state index contributed by atoms with van der Waals surface area (Å²) < 4.78 is 0. The molecule has 0 spiro atoms. The molecule has 0 saturated carbocycles. The molecule has 0 amide bonds. The van der Waals surface area contributed by atoms with Crippen molar-refractivity contribution >= 4 is 23.2 Å². The van der Waals surface area contributed by atoms with Crippen LogP contribution in [0.2, 0.25) is 10.0 Å².